The topological polar surface area (TPSA) is 98.7 Å². The number of carbonyl (C=O) groups is 2. The van der Waals surface area contributed by atoms with Crippen molar-refractivity contribution in [1.82, 2.24) is 9.88 Å². The van der Waals surface area contributed by atoms with Crippen molar-refractivity contribution in [2.24, 2.45) is 18.4 Å². The van der Waals surface area contributed by atoms with Crippen LogP contribution in [0.25, 0.3) is 0 Å². The van der Waals surface area contributed by atoms with E-state index in [4.69, 9.17) is 0 Å². The molecule has 1 amide bonds. The summed E-state index contributed by atoms with van der Waals surface area (Å²) < 4.78 is 1.95. The largest absolute Gasteiger partial charge is 0.351 e. The van der Waals surface area contributed by atoms with Gasteiger partial charge in [0.1, 0.15) is 5.92 Å². The van der Waals surface area contributed by atoms with Gasteiger partial charge in [-0.1, -0.05) is 25.6 Å². The van der Waals surface area contributed by atoms with Crippen molar-refractivity contribution in [3.63, 3.8) is 0 Å². The number of Topliss-reactive ketones (excluding diaryl/α,β-unsaturated/α-hetero) is 1. The molecule has 0 saturated heterocycles. The van der Waals surface area contributed by atoms with Crippen LogP contribution >= 0.6 is 11.8 Å². The van der Waals surface area contributed by atoms with E-state index in [1.54, 1.807) is 13.8 Å². The van der Waals surface area contributed by atoms with Gasteiger partial charge in [0.2, 0.25) is 5.91 Å². The Morgan fingerprint density at radius 1 is 1.40 bits per heavy atom. The molecule has 1 atom stereocenters. The number of ketones is 1. The van der Waals surface area contributed by atoms with Crippen LogP contribution in [0.5, 0.6) is 0 Å². The van der Waals surface area contributed by atoms with E-state index in [2.05, 4.69) is 11.4 Å². The fourth-order valence-corrected chi connectivity index (χ4v) is 3.94. The predicted octanol–water partition coefficient (Wildman–Crippen LogP) is 2.59. The number of nitrogens with one attached hydrogen (secondary N) is 1. The normalized spacial score (nSPS) is 19.2. The van der Waals surface area contributed by atoms with Crippen LogP contribution in [0, 0.1) is 47.8 Å². The van der Waals surface area contributed by atoms with Gasteiger partial charge in [-0.15, -0.1) is 0 Å². The standard InChI is InChI=1S/C18H20N4O2S/c1-10-6-12(11(2)22(10)5)15(23)9-25-17-14(8-20)18(3,4)13(7-19)16(24)21-17/h6,13H,9H2,1-5H3,(H,21,24)/t13-/m1/s1. The lowest BCUT2D eigenvalue weighted by atomic mass is 9.72. The first kappa shape index (κ1) is 18.8. The van der Waals surface area contributed by atoms with Gasteiger partial charge in [0, 0.05) is 29.4 Å². The summed E-state index contributed by atoms with van der Waals surface area (Å²) in [5, 5.41) is 21.7. The lowest BCUT2D eigenvalue weighted by molar-refractivity contribution is -0.125. The zero-order valence-corrected chi connectivity index (χ0v) is 15.7. The molecule has 6 nitrogen and oxygen atoms in total. The summed E-state index contributed by atoms with van der Waals surface area (Å²) in [4.78, 5) is 24.7. The molecular weight excluding hydrogens is 336 g/mol. The van der Waals surface area contributed by atoms with E-state index in [1.807, 2.05) is 37.6 Å². The highest BCUT2D eigenvalue weighted by Crippen LogP contribution is 2.41. The molecule has 0 saturated carbocycles. The van der Waals surface area contributed by atoms with Crippen LogP contribution in [0.2, 0.25) is 0 Å². The maximum atomic E-state index is 12.5. The molecule has 1 N–H and O–H groups in total. The zero-order chi connectivity index (χ0) is 18.9. The van der Waals surface area contributed by atoms with Crippen LogP contribution < -0.4 is 5.32 Å². The smallest absolute Gasteiger partial charge is 0.243 e. The second-order valence-corrected chi connectivity index (χ2v) is 7.63. The van der Waals surface area contributed by atoms with Crippen molar-refractivity contribution in [3.05, 3.63) is 33.6 Å². The minimum absolute atomic E-state index is 0.0644. The number of rotatable bonds is 4. The Bertz CT molecular complexity index is 865. The molecule has 0 aromatic carbocycles. The highest BCUT2D eigenvalue weighted by molar-refractivity contribution is 8.03. The number of nitriles is 2. The lowest BCUT2D eigenvalue weighted by Crippen LogP contribution is -2.44. The first-order chi connectivity index (χ1) is 11.6. The van der Waals surface area contributed by atoms with E-state index >= 15 is 0 Å². The van der Waals surface area contributed by atoms with E-state index < -0.39 is 17.2 Å². The average molecular weight is 356 g/mol. The Kier molecular flexibility index (Phi) is 5.10. The molecule has 2 heterocycles. The molecule has 25 heavy (non-hydrogen) atoms. The molecule has 2 rings (SSSR count). The Morgan fingerprint density at radius 2 is 2.04 bits per heavy atom. The first-order valence-electron chi connectivity index (χ1n) is 7.79. The Balaban J connectivity index is 2.27. The van der Waals surface area contributed by atoms with Crippen molar-refractivity contribution in [3.8, 4) is 12.1 Å². The number of aromatic nitrogens is 1. The van der Waals surface area contributed by atoms with E-state index in [0.29, 0.717) is 16.2 Å². The van der Waals surface area contributed by atoms with Gasteiger partial charge in [0.25, 0.3) is 0 Å². The van der Waals surface area contributed by atoms with Crippen molar-refractivity contribution in [1.29, 1.82) is 10.5 Å². The predicted molar refractivity (Wildman–Crippen MR) is 95.3 cm³/mol. The number of thioether (sulfide) groups is 1. The highest BCUT2D eigenvalue weighted by Gasteiger charge is 2.44. The molecule has 0 radical (unpaired) electrons. The van der Waals surface area contributed by atoms with E-state index in [9.17, 15) is 20.1 Å². The Morgan fingerprint density at radius 3 is 2.52 bits per heavy atom. The average Bonchev–Trinajstić information content (AvgIpc) is 2.79. The molecule has 0 spiro atoms. The lowest BCUT2D eigenvalue weighted by Gasteiger charge is -2.34. The molecule has 130 valence electrons. The molecule has 1 aromatic heterocycles. The van der Waals surface area contributed by atoms with Crippen LogP contribution in [0.4, 0.5) is 0 Å². The number of nitrogens with zero attached hydrogens (tertiary/aromatic N) is 3. The minimum atomic E-state index is -0.929. The molecule has 1 aliphatic heterocycles. The minimum Gasteiger partial charge on any atom is -0.351 e. The summed E-state index contributed by atoms with van der Waals surface area (Å²) in [5.74, 6) is -1.32. The van der Waals surface area contributed by atoms with Crippen LogP contribution in [-0.4, -0.2) is 22.0 Å². The van der Waals surface area contributed by atoms with Gasteiger partial charge >= 0.3 is 0 Å². The maximum absolute atomic E-state index is 12.5. The number of hydrogen-bond donors (Lipinski definition) is 1. The molecule has 7 heteroatoms. The summed E-state index contributed by atoms with van der Waals surface area (Å²) in [6, 6.07) is 5.89. The molecule has 1 aliphatic rings. The first-order valence-corrected chi connectivity index (χ1v) is 8.78. The monoisotopic (exact) mass is 356 g/mol. The third-order valence-corrected chi connectivity index (χ3v) is 5.76. The molecular formula is C18H20N4O2S. The second kappa shape index (κ2) is 6.78. The molecule has 1 aromatic rings. The van der Waals surface area contributed by atoms with Crippen LogP contribution in [0.3, 0.4) is 0 Å². The van der Waals surface area contributed by atoms with Crippen LogP contribution in [0.15, 0.2) is 16.7 Å². The highest BCUT2D eigenvalue weighted by atomic mass is 32.2. The SMILES string of the molecule is Cc1cc(C(=O)CSC2=C(C#N)C(C)(C)[C@H](C#N)C(=O)N2)c(C)n1C. The van der Waals surface area contributed by atoms with Gasteiger partial charge in [-0.2, -0.15) is 10.5 Å². The molecule has 0 bridgehead atoms. The number of amides is 1. The van der Waals surface area contributed by atoms with E-state index in [1.165, 1.54) is 0 Å². The Labute approximate surface area is 151 Å². The van der Waals surface area contributed by atoms with Crippen LogP contribution in [-0.2, 0) is 11.8 Å². The second-order valence-electron chi connectivity index (χ2n) is 6.64. The fraction of sp³-hybridized carbons (Fsp3) is 0.444. The summed E-state index contributed by atoms with van der Waals surface area (Å²) in [6.07, 6.45) is 0. The molecule has 0 fully saturated rings. The maximum Gasteiger partial charge on any atom is 0.243 e. The van der Waals surface area contributed by atoms with Gasteiger partial charge in [0.05, 0.1) is 28.5 Å². The van der Waals surface area contributed by atoms with Crippen molar-refractivity contribution >= 4 is 23.5 Å². The number of hydrogen-bond acceptors (Lipinski definition) is 5. The van der Waals surface area contributed by atoms with E-state index in [0.717, 1.165) is 23.1 Å². The molecule has 0 aliphatic carbocycles. The van der Waals surface area contributed by atoms with Crippen molar-refractivity contribution in [2.75, 3.05) is 5.75 Å². The van der Waals surface area contributed by atoms with Crippen molar-refractivity contribution in [2.45, 2.75) is 27.7 Å². The zero-order valence-electron chi connectivity index (χ0n) is 14.9. The van der Waals surface area contributed by atoms with E-state index in [-0.39, 0.29) is 11.5 Å². The third kappa shape index (κ3) is 3.20. The summed E-state index contributed by atoms with van der Waals surface area (Å²) in [5.41, 5.74) is 1.96. The Hall–Kier alpha value is -2.51. The van der Waals surface area contributed by atoms with Gasteiger partial charge in [0.15, 0.2) is 5.78 Å². The number of carbonyl (C=O) groups excluding carboxylic acids is 2. The van der Waals surface area contributed by atoms with Crippen LogP contribution in [0.1, 0.15) is 35.6 Å². The fourth-order valence-electron chi connectivity index (χ4n) is 2.89. The summed E-state index contributed by atoms with van der Waals surface area (Å²) in [7, 11) is 1.90. The number of allylic oxidation sites excluding steroid dienone is 1. The summed E-state index contributed by atoms with van der Waals surface area (Å²) in [6.45, 7) is 7.21. The summed E-state index contributed by atoms with van der Waals surface area (Å²) >= 11 is 1.13. The third-order valence-electron chi connectivity index (χ3n) is 4.76. The van der Waals surface area contributed by atoms with Crippen molar-refractivity contribution < 1.29 is 9.59 Å². The number of aryl methyl sites for hydroxylation is 1. The molecule has 0 unspecified atom stereocenters. The quantitative estimate of drug-likeness (QED) is 0.836. The van der Waals surface area contributed by atoms with Gasteiger partial charge in [-0.3, -0.25) is 9.59 Å². The van der Waals surface area contributed by atoms with Gasteiger partial charge in [-0.25, -0.2) is 0 Å². The van der Waals surface area contributed by atoms with Gasteiger partial charge in [-0.05, 0) is 19.9 Å². The van der Waals surface area contributed by atoms with Gasteiger partial charge < -0.3 is 9.88 Å².